The Morgan fingerprint density at radius 1 is 1.29 bits per heavy atom. The van der Waals surface area contributed by atoms with Crippen LogP contribution in [0, 0.1) is 0 Å². The Balaban J connectivity index is 1.40. The van der Waals surface area contributed by atoms with Gasteiger partial charge in [0.05, 0.1) is 11.7 Å². The standard InChI is InChI=1S/C16H17N5O2S/c22-13-8-11(17-16-21(13)6-7-24-16)9-20-5-1-2-12(20)14-18-15(23-19-14)10-3-4-10/h6-8,10,12H,1-5,9H2. The van der Waals surface area contributed by atoms with E-state index < -0.39 is 0 Å². The van der Waals surface area contributed by atoms with Crippen LogP contribution in [0.1, 0.15) is 55.1 Å². The zero-order valence-electron chi connectivity index (χ0n) is 13.1. The molecule has 0 spiro atoms. The summed E-state index contributed by atoms with van der Waals surface area (Å²) in [6.45, 7) is 1.60. The Bertz CT molecular complexity index is 941. The van der Waals surface area contributed by atoms with Gasteiger partial charge in [0.2, 0.25) is 5.89 Å². The van der Waals surface area contributed by atoms with Crippen molar-refractivity contribution in [1.29, 1.82) is 0 Å². The van der Waals surface area contributed by atoms with Gasteiger partial charge in [-0.1, -0.05) is 5.16 Å². The lowest BCUT2D eigenvalue weighted by Gasteiger charge is -2.21. The molecule has 0 bridgehead atoms. The fourth-order valence-electron chi connectivity index (χ4n) is 3.36. The Hall–Kier alpha value is -2.06. The number of rotatable bonds is 4. The van der Waals surface area contributed by atoms with Gasteiger partial charge in [0, 0.05) is 30.1 Å². The van der Waals surface area contributed by atoms with Crippen molar-refractivity contribution < 1.29 is 4.52 Å². The van der Waals surface area contributed by atoms with Crippen molar-refractivity contribution in [1.82, 2.24) is 24.4 Å². The minimum absolute atomic E-state index is 0.0254. The lowest BCUT2D eigenvalue weighted by Crippen LogP contribution is -2.25. The first kappa shape index (κ1) is 14.3. The molecule has 124 valence electrons. The molecular weight excluding hydrogens is 326 g/mol. The number of nitrogens with zero attached hydrogens (tertiary/aromatic N) is 5. The van der Waals surface area contributed by atoms with Gasteiger partial charge in [0.1, 0.15) is 0 Å². The monoisotopic (exact) mass is 343 g/mol. The molecule has 0 aromatic carbocycles. The highest BCUT2D eigenvalue weighted by Gasteiger charge is 2.34. The molecule has 4 heterocycles. The molecule has 3 aromatic heterocycles. The molecule has 1 saturated carbocycles. The Labute approximate surface area is 141 Å². The maximum atomic E-state index is 12.1. The molecule has 1 aliphatic heterocycles. The number of thiazole rings is 1. The predicted octanol–water partition coefficient (Wildman–Crippen LogP) is 2.35. The Kier molecular flexibility index (Phi) is 3.27. The topological polar surface area (TPSA) is 76.5 Å². The van der Waals surface area contributed by atoms with E-state index in [2.05, 4.69) is 20.0 Å². The third kappa shape index (κ3) is 2.46. The molecule has 0 radical (unpaired) electrons. The highest BCUT2D eigenvalue weighted by atomic mass is 32.1. The van der Waals surface area contributed by atoms with Crippen molar-refractivity contribution in [2.75, 3.05) is 6.54 Å². The fraction of sp³-hybridized carbons (Fsp3) is 0.500. The van der Waals surface area contributed by atoms with Gasteiger partial charge < -0.3 is 4.52 Å². The first-order valence-corrected chi connectivity index (χ1v) is 9.19. The summed E-state index contributed by atoms with van der Waals surface area (Å²) in [5.41, 5.74) is 0.780. The summed E-state index contributed by atoms with van der Waals surface area (Å²) in [4.78, 5) is 24.4. The van der Waals surface area contributed by atoms with Crippen LogP contribution in [-0.4, -0.2) is 31.0 Å². The normalized spacial score (nSPS) is 21.8. The average molecular weight is 343 g/mol. The van der Waals surface area contributed by atoms with Crippen molar-refractivity contribution in [3.05, 3.63) is 45.4 Å². The van der Waals surface area contributed by atoms with E-state index in [4.69, 9.17) is 4.52 Å². The maximum absolute atomic E-state index is 12.1. The third-order valence-corrected chi connectivity index (χ3v) is 5.52. The highest BCUT2D eigenvalue weighted by molar-refractivity contribution is 7.15. The second kappa shape index (κ2) is 5.49. The predicted molar refractivity (Wildman–Crippen MR) is 88.0 cm³/mol. The van der Waals surface area contributed by atoms with Gasteiger partial charge >= 0.3 is 0 Å². The second-order valence-corrected chi connectivity index (χ2v) is 7.41. The summed E-state index contributed by atoms with van der Waals surface area (Å²) in [7, 11) is 0. The average Bonchev–Trinajstić information content (AvgIpc) is 3.00. The molecule has 1 saturated heterocycles. The SMILES string of the molecule is O=c1cc(CN2CCCC2c2noc(C3CC3)n2)nc2sccn12. The van der Waals surface area contributed by atoms with Crippen LogP contribution in [0.5, 0.6) is 0 Å². The number of hydrogen-bond acceptors (Lipinski definition) is 7. The van der Waals surface area contributed by atoms with Gasteiger partial charge in [0.15, 0.2) is 10.8 Å². The van der Waals surface area contributed by atoms with Crippen molar-refractivity contribution >= 4 is 16.3 Å². The number of hydrogen-bond donors (Lipinski definition) is 0. The van der Waals surface area contributed by atoms with E-state index in [0.29, 0.717) is 12.5 Å². The molecule has 24 heavy (non-hydrogen) atoms. The van der Waals surface area contributed by atoms with Gasteiger partial charge in [0.25, 0.3) is 5.56 Å². The van der Waals surface area contributed by atoms with Gasteiger partial charge in [-0.15, -0.1) is 11.3 Å². The van der Waals surface area contributed by atoms with E-state index in [1.807, 2.05) is 5.38 Å². The second-order valence-electron chi connectivity index (χ2n) is 6.53. The van der Waals surface area contributed by atoms with Crippen LogP contribution in [-0.2, 0) is 6.54 Å². The van der Waals surface area contributed by atoms with Crippen molar-refractivity contribution in [3.63, 3.8) is 0 Å². The van der Waals surface area contributed by atoms with E-state index in [1.54, 1.807) is 16.7 Å². The van der Waals surface area contributed by atoms with E-state index in [9.17, 15) is 4.79 Å². The van der Waals surface area contributed by atoms with Crippen LogP contribution in [0.2, 0.25) is 0 Å². The lowest BCUT2D eigenvalue weighted by atomic mass is 10.2. The van der Waals surface area contributed by atoms with Crippen molar-refractivity contribution in [3.8, 4) is 0 Å². The van der Waals surface area contributed by atoms with Gasteiger partial charge in [-0.3, -0.25) is 14.1 Å². The summed E-state index contributed by atoms with van der Waals surface area (Å²) in [5, 5.41) is 6.08. The van der Waals surface area contributed by atoms with E-state index in [1.165, 1.54) is 11.3 Å². The van der Waals surface area contributed by atoms with Crippen molar-refractivity contribution in [2.45, 2.75) is 44.2 Å². The molecule has 2 fully saturated rings. The first-order chi connectivity index (χ1) is 11.8. The molecule has 3 aromatic rings. The Morgan fingerprint density at radius 3 is 3.08 bits per heavy atom. The third-order valence-electron chi connectivity index (χ3n) is 4.77. The number of likely N-dealkylation sites (tertiary alicyclic amines) is 1. The van der Waals surface area contributed by atoms with Gasteiger partial charge in [-0.05, 0) is 32.2 Å². The largest absolute Gasteiger partial charge is 0.339 e. The zero-order chi connectivity index (χ0) is 16.1. The zero-order valence-corrected chi connectivity index (χ0v) is 13.9. The van der Waals surface area contributed by atoms with Crippen LogP contribution in [0.4, 0.5) is 0 Å². The molecule has 5 rings (SSSR count). The number of aromatic nitrogens is 4. The number of fused-ring (bicyclic) bond motifs is 1. The molecule has 0 amide bonds. The minimum Gasteiger partial charge on any atom is -0.339 e. The van der Waals surface area contributed by atoms with E-state index >= 15 is 0 Å². The molecule has 1 aliphatic carbocycles. The molecule has 1 unspecified atom stereocenters. The van der Waals surface area contributed by atoms with Crippen LogP contribution >= 0.6 is 11.3 Å². The lowest BCUT2D eigenvalue weighted by molar-refractivity contribution is 0.231. The maximum Gasteiger partial charge on any atom is 0.258 e. The van der Waals surface area contributed by atoms with Crippen LogP contribution in [0.15, 0.2) is 27.0 Å². The van der Waals surface area contributed by atoms with E-state index in [0.717, 1.165) is 54.6 Å². The molecular formula is C16H17N5O2S. The summed E-state index contributed by atoms with van der Waals surface area (Å²) in [5.74, 6) is 2.04. The molecule has 2 aliphatic rings. The fourth-order valence-corrected chi connectivity index (χ4v) is 4.10. The highest BCUT2D eigenvalue weighted by Crippen LogP contribution is 2.40. The summed E-state index contributed by atoms with van der Waals surface area (Å²) in [6, 6.07) is 1.78. The molecule has 1 atom stereocenters. The van der Waals surface area contributed by atoms with Crippen molar-refractivity contribution in [2.24, 2.45) is 0 Å². The quantitative estimate of drug-likeness (QED) is 0.724. The van der Waals surface area contributed by atoms with Crippen LogP contribution in [0.3, 0.4) is 0 Å². The summed E-state index contributed by atoms with van der Waals surface area (Å²) in [6.07, 6.45) is 6.19. The first-order valence-electron chi connectivity index (χ1n) is 8.31. The molecule has 0 N–H and O–H groups in total. The summed E-state index contributed by atoms with van der Waals surface area (Å²) < 4.78 is 6.99. The van der Waals surface area contributed by atoms with Gasteiger partial charge in [-0.2, -0.15) is 4.98 Å². The summed E-state index contributed by atoms with van der Waals surface area (Å²) >= 11 is 1.48. The van der Waals surface area contributed by atoms with Gasteiger partial charge in [-0.25, -0.2) is 4.98 Å². The van der Waals surface area contributed by atoms with Crippen LogP contribution < -0.4 is 5.56 Å². The smallest absolute Gasteiger partial charge is 0.258 e. The minimum atomic E-state index is -0.0254. The van der Waals surface area contributed by atoms with Crippen LogP contribution in [0.25, 0.3) is 4.96 Å². The Morgan fingerprint density at radius 2 is 2.21 bits per heavy atom. The van der Waals surface area contributed by atoms with E-state index in [-0.39, 0.29) is 11.6 Å². The molecule has 8 heteroatoms. The molecule has 7 nitrogen and oxygen atoms in total.